The highest BCUT2D eigenvalue weighted by molar-refractivity contribution is 6.37. The molecule has 0 spiro atoms. The van der Waals surface area contributed by atoms with Crippen molar-refractivity contribution in [2.45, 2.75) is 19.3 Å². The zero-order valence-electron chi connectivity index (χ0n) is 18.5. The lowest BCUT2D eigenvalue weighted by molar-refractivity contribution is 0.0734. The molecule has 0 aromatic heterocycles. The maximum atomic E-state index is 13.9. The van der Waals surface area contributed by atoms with Gasteiger partial charge >= 0.3 is 5.97 Å². The number of hydrogen-bond donors (Lipinski definition) is 1. The predicted octanol–water partition coefficient (Wildman–Crippen LogP) is 6.36. The number of halogens is 3. The van der Waals surface area contributed by atoms with Gasteiger partial charge in [0.25, 0.3) is 0 Å². The van der Waals surface area contributed by atoms with E-state index in [0.29, 0.717) is 23.5 Å². The summed E-state index contributed by atoms with van der Waals surface area (Å²) in [7, 11) is 0. The summed E-state index contributed by atoms with van der Waals surface area (Å²) in [5.74, 6) is -1.15. The normalized spacial score (nSPS) is 14.5. The molecule has 1 aliphatic heterocycles. The van der Waals surface area contributed by atoms with Crippen molar-refractivity contribution in [2.24, 2.45) is 5.73 Å². The highest BCUT2D eigenvalue weighted by atomic mass is 35.5. The van der Waals surface area contributed by atoms with Crippen molar-refractivity contribution in [1.29, 1.82) is 5.26 Å². The van der Waals surface area contributed by atoms with Gasteiger partial charge in [0.05, 0.1) is 28.1 Å². The average Bonchev–Trinajstić information content (AvgIpc) is 2.82. The monoisotopic (exact) mass is 512 g/mol. The number of allylic oxidation sites excluding steroid dienone is 1. The smallest absolute Gasteiger partial charge is 0.343 e. The number of esters is 1. The molecule has 1 heterocycles. The first-order chi connectivity index (χ1) is 16.8. The van der Waals surface area contributed by atoms with Crippen LogP contribution in [0, 0.1) is 17.1 Å². The number of nitriles is 1. The summed E-state index contributed by atoms with van der Waals surface area (Å²) >= 11 is 12.5. The molecule has 1 atom stereocenters. The Kier molecular flexibility index (Phi) is 7.15. The summed E-state index contributed by atoms with van der Waals surface area (Å²) in [6.45, 7) is 2.38. The van der Waals surface area contributed by atoms with Crippen LogP contribution in [-0.2, 0) is 0 Å². The fourth-order valence-corrected chi connectivity index (χ4v) is 4.31. The SMILES string of the molecule is CCCOc1c(Cl)cc(C(=O)Oc2ccc3c(c2)OC(N)=C(C#N)C3c2cccc(F)c2)cc1Cl. The third kappa shape index (κ3) is 5.04. The van der Waals surface area contributed by atoms with Gasteiger partial charge in [0, 0.05) is 11.6 Å². The summed E-state index contributed by atoms with van der Waals surface area (Å²) < 4.78 is 30.5. The molecule has 0 aliphatic carbocycles. The predicted molar refractivity (Wildman–Crippen MR) is 129 cm³/mol. The van der Waals surface area contributed by atoms with E-state index in [1.54, 1.807) is 24.3 Å². The van der Waals surface area contributed by atoms with Crippen LogP contribution in [-0.4, -0.2) is 12.6 Å². The molecule has 1 aliphatic rings. The number of carbonyl (C=O) groups excluding carboxylic acids is 1. The fraction of sp³-hybridized carbons (Fsp3) is 0.154. The van der Waals surface area contributed by atoms with Crippen molar-refractivity contribution in [3.05, 3.63) is 98.6 Å². The third-order valence-electron chi connectivity index (χ3n) is 5.27. The van der Waals surface area contributed by atoms with E-state index in [4.69, 9.17) is 43.1 Å². The second kappa shape index (κ2) is 10.3. The highest BCUT2D eigenvalue weighted by Gasteiger charge is 2.31. The lowest BCUT2D eigenvalue weighted by atomic mass is 9.83. The van der Waals surface area contributed by atoms with Crippen molar-refractivity contribution in [3.63, 3.8) is 0 Å². The topological polar surface area (TPSA) is 94.6 Å². The number of nitrogens with two attached hydrogens (primary N) is 1. The first-order valence-electron chi connectivity index (χ1n) is 10.6. The number of rotatable bonds is 6. The fourth-order valence-electron chi connectivity index (χ4n) is 3.71. The van der Waals surface area contributed by atoms with Crippen LogP contribution >= 0.6 is 23.2 Å². The van der Waals surface area contributed by atoms with E-state index in [2.05, 4.69) is 0 Å². The number of nitrogens with zero attached hydrogens (tertiary/aromatic N) is 1. The molecular formula is C26H19Cl2FN2O4. The van der Waals surface area contributed by atoms with E-state index < -0.39 is 17.7 Å². The van der Waals surface area contributed by atoms with Crippen LogP contribution in [0.1, 0.15) is 40.7 Å². The quantitative estimate of drug-likeness (QED) is 0.305. The first-order valence-corrected chi connectivity index (χ1v) is 11.4. The Morgan fingerprint density at radius 3 is 2.57 bits per heavy atom. The maximum Gasteiger partial charge on any atom is 0.343 e. The minimum absolute atomic E-state index is 0.112. The van der Waals surface area contributed by atoms with Gasteiger partial charge in [-0.05, 0) is 42.3 Å². The molecule has 178 valence electrons. The zero-order chi connectivity index (χ0) is 25.1. The van der Waals surface area contributed by atoms with Crippen molar-refractivity contribution < 1.29 is 23.4 Å². The molecule has 9 heteroatoms. The summed E-state index contributed by atoms with van der Waals surface area (Å²) in [5.41, 5.74) is 7.38. The highest BCUT2D eigenvalue weighted by Crippen LogP contribution is 2.43. The van der Waals surface area contributed by atoms with E-state index >= 15 is 0 Å². The van der Waals surface area contributed by atoms with E-state index in [0.717, 1.165) is 6.42 Å². The van der Waals surface area contributed by atoms with Gasteiger partial charge in [-0.1, -0.05) is 48.3 Å². The maximum absolute atomic E-state index is 13.9. The van der Waals surface area contributed by atoms with Gasteiger partial charge in [-0.3, -0.25) is 0 Å². The molecular weight excluding hydrogens is 494 g/mol. The Balaban J connectivity index is 1.63. The molecule has 2 N–H and O–H groups in total. The van der Waals surface area contributed by atoms with Crippen molar-refractivity contribution in [3.8, 4) is 23.3 Å². The molecule has 0 amide bonds. The lowest BCUT2D eigenvalue weighted by Gasteiger charge is -2.26. The number of fused-ring (bicyclic) bond motifs is 1. The van der Waals surface area contributed by atoms with Gasteiger partial charge in [0.15, 0.2) is 5.75 Å². The van der Waals surface area contributed by atoms with Crippen LogP contribution < -0.4 is 19.9 Å². The largest absolute Gasteiger partial charge is 0.490 e. The summed E-state index contributed by atoms with van der Waals surface area (Å²) in [6.07, 6.45) is 0.770. The number of carbonyl (C=O) groups is 1. The van der Waals surface area contributed by atoms with Crippen LogP contribution in [0.2, 0.25) is 10.0 Å². The van der Waals surface area contributed by atoms with Crippen LogP contribution in [0.25, 0.3) is 0 Å². The Morgan fingerprint density at radius 2 is 1.91 bits per heavy atom. The zero-order valence-corrected chi connectivity index (χ0v) is 20.0. The molecule has 0 saturated carbocycles. The molecule has 6 nitrogen and oxygen atoms in total. The molecule has 0 saturated heterocycles. The summed E-state index contributed by atoms with van der Waals surface area (Å²) in [6, 6.07) is 15.4. The first kappa shape index (κ1) is 24.4. The Hall–Kier alpha value is -3.73. The minimum atomic E-state index is -0.700. The second-order valence-corrected chi connectivity index (χ2v) is 8.50. The van der Waals surface area contributed by atoms with Crippen LogP contribution in [0.3, 0.4) is 0 Å². The van der Waals surface area contributed by atoms with Gasteiger partial charge in [0.1, 0.15) is 29.0 Å². The van der Waals surface area contributed by atoms with E-state index in [9.17, 15) is 14.4 Å². The van der Waals surface area contributed by atoms with Gasteiger partial charge < -0.3 is 19.9 Å². The van der Waals surface area contributed by atoms with E-state index in [1.807, 2.05) is 13.0 Å². The van der Waals surface area contributed by atoms with Crippen LogP contribution in [0.15, 0.2) is 66.1 Å². The molecule has 3 aromatic carbocycles. The third-order valence-corrected chi connectivity index (χ3v) is 5.83. The summed E-state index contributed by atoms with van der Waals surface area (Å²) in [4.78, 5) is 12.8. The standard InChI is InChI=1S/C26H19Cl2FN2O4/c1-2-8-33-24-20(27)10-15(11-21(24)28)26(32)34-17-6-7-18-22(12-17)35-25(31)19(13-30)23(18)14-4-3-5-16(29)9-14/h3-7,9-12,23H,2,8,31H2,1H3. The lowest BCUT2D eigenvalue weighted by Crippen LogP contribution is -2.21. The van der Waals surface area contributed by atoms with Gasteiger partial charge in [-0.15, -0.1) is 0 Å². The van der Waals surface area contributed by atoms with Crippen molar-refractivity contribution in [2.75, 3.05) is 6.61 Å². The summed E-state index contributed by atoms with van der Waals surface area (Å²) in [5, 5.41) is 10.0. The Morgan fingerprint density at radius 1 is 1.17 bits per heavy atom. The van der Waals surface area contributed by atoms with Crippen LogP contribution in [0.4, 0.5) is 4.39 Å². The molecule has 1 unspecified atom stereocenters. The average molecular weight is 513 g/mol. The van der Waals surface area contributed by atoms with E-state index in [-0.39, 0.29) is 38.6 Å². The van der Waals surface area contributed by atoms with Crippen molar-refractivity contribution in [1.82, 2.24) is 0 Å². The number of ether oxygens (including phenoxy) is 3. The molecule has 4 rings (SSSR count). The van der Waals surface area contributed by atoms with Crippen LogP contribution in [0.5, 0.6) is 17.2 Å². The Bertz CT molecular complexity index is 1360. The molecule has 0 radical (unpaired) electrons. The van der Waals surface area contributed by atoms with Gasteiger partial charge in [-0.25, -0.2) is 9.18 Å². The molecule has 0 bridgehead atoms. The molecule has 0 fully saturated rings. The number of benzene rings is 3. The van der Waals surface area contributed by atoms with Gasteiger partial charge in [-0.2, -0.15) is 5.26 Å². The van der Waals surface area contributed by atoms with Gasteiger partial charge in [0.2, 0.25) is 5.88 Å². The second-order valence-electron chi connectivity index (χ2n) is 7.69. The van der Waals surface area contributed by atoms with Crippen molar-refractivity contribution >= 4 is 29.2 Å². The van der Waals surface area contributed by atoms with E-state index in [1.165, 1.54) is 30.3 Å². The molecule has 3 aromatic rings. The molecule has 35 heavy (non-hydrogen) atoms. The number of hydrogen-bond acceptors (Lipinski definition) is 6. The minimum Gasteiger partial charge on any atom is -0.490 e. The Labute approximate surface area is 211 Å².